The van der Waals surface area contributed by atoms with E-state index in [1.807, 2.05) is 12.1 Å². The predicted molar refractivity (Wildman–Crippen MR) is 84.6 cm³/mol. The van der Waals surface area contributed by atoms with Crippen LogP contribution in [0.5, 0.6) is 0 Å². The Hall–Kier alpha value is -1.38. The van der Waals surface area contributed by atoms with Crippen LogP contribution in [0.1, 0.15) is 18.9 Å². The van der Waals surface area contributed by atoms with Crippen LogP contribution in [0, 0.1) is 0 Å². The Labute approximate surface area is 123 Å². The average molecular weight is 295 g/mol. The lowest BCUT2D eigenvalue weighted by Crippen LogP contribution is -1.95. The van der Waals surface area contributed by atoms with Crippen molar-refractivity contribution in [2.45, 2.75) is 19.8 Å². The summed E-state index contributed by atoms with van der Waals surface area (Å²) in [5, 5.41) is 4.25. The summed E-state index contributed by atoms with van der Waals surface area (Å²) in [5.74, 6) is 0. The lowest BCUT2D eigenvalue weighted by atomic mass is 10.1. The molecule has 2 rings (SSSR count). The number of rotatable bonds is 4. The molecule has 0 aromatic heterocycles. The minimum atomic E-state index is 0.516. The standard InChI is InChI=1S/C15H16Cl2N2/c1-2-3-10-4-6-12(7-5-10)19-15-13(16)8-11(18)9-14(15)17/h4-9,19H,2-3,18H2,1H3. The van der Waals surface area contributed by atoms with Gasteiger partial charge in [0.25, 0.3) is 0 Å². The number of hydrogen-bond acceptors (Lipinski definition) is 2. The number of aryl methyl sites for hydroxylation is 1. The quantitative estimate of drug-likeness (QED) is 0.754. The first-order chi connectivity index (χ1) is 9.10. The fraction of sp³-hybridized carbons (Fsp3) is 0.200. The van der Waals surface area contributed by atoms with Crippen molar-refractivity contribution in [2.75, 3.05) is 11.1 Å². The van der Waals surface area contributed by atoms with Crippen LogP contribution in [0.2, 0.25) is 10.0 Å². The first-order valence-electron chi connectivity index (χ1n) is 6.20. The molecule has 2 nitrogen and oxygen atoms in total. The monoisotopic (exact) mass is 294 g/mol. The molecule has 4 heteroatoms. The molecule has 0 unspecified atom stereocenters. The molecule has 0 atom stereocenters. The van der Waals surface area contributed by atoms with Gasteiger partial charge in [-0.3, -0.25) is 0 Å². The predicted octanol–water partition coefficient (Wildman–Crippen LogP) is 5.27. The molecule has 0 aliphatic carbocycles. The maximum absolute atomic E-state index is 6.14. The Balaban J connectivity index is 2.21. The molecule has 2 aromatic rings. The van der Waals surface area contributed by atoms with E-state index in [9.17, 15) is 0 Å². The van der Waals surface area contributed by atoms with Gasteiger partial charge in [0, 0.05) is 11.4 Å². The minimum Gasteiger partial charge on any atom is -0.399 e. The highest BCUT2D eigenvalue weighted by Gasteiger charge is 2.07. The lowest BCUT2D eigenvalue weighted by molar-refractivity contribution is 0.922. The van der Waals surface area contributed by atoms with Gasteiger partial charge >= 0.3 is 0 Å². The molecule has 0 heterocycles. The van der Waals surface area contributed by atoms with Gasteiger partial charge in [0.05, 0.1) is 15.7 Å². The van der Waals surface area contributed by atoms with Crippen LogP contribution in [-0.2, 0) is 6.42 Å². The van der Waals surface area contributed by atoms with Gasteiger partial charge < -0.3 is 11.1 Å². The number of nitrogens with one attached hydrogen (secondary N) is 1. The largest absolute Gasteiger partial charge is 0.399 e. The van der Waals surface area contributed by atoms with E-state index in [4.69, 9.17) is 28.9 Å². The third kappa shape index (κ3) is 3.55. The van der Waals surface area contributed by atoms with Gasteiger partial charge in [-0.15, -0.1) is 0 Å². The molecule has 0 aliphatic heterocycles. The molecule has 19 heavy (non-hydrogen) atoms. The second-order valence-electron chi connectivity index (χ2n) is 4.43. The van der Waals surface area contributed by atoms with Crippen LogP contribution in [0.4, 0.5) is 17.1 Å². The van der Waals surface area contributed by atoms with E-state index in [0.717, 1.165) is 18.5 Å². The fourth-order valence-electron chi connectivity index (χ4n) is 1.90. The van der Waals surface area contributed by atoms with E-state index in [-0.39, 0.29) is 0 Å². The molecule has 2 aromatic carbocycles. The minimum absolute atomic E-state index is 0.516. The molecule has 0 aliphatic rings. The zero-order chi connectivity index (χ0) is 13.8. The van der Waals surface area contributed by atoms with Crippen LogP contribution in [0.3, 0.4) is 0 Å². The van der Waals surface area contributed by atoms with Gasteiger partial charge in [-0.1, -0.05) is 48.7 Å². The molecular formula is C15H16Cl2N2. The Kier molecular flexibility index (Phi) is 4.56. The van der Waals surface area contributed by atoms with Crippen LogP contribution < -0.4 is 11.1 Å². The number of hydrogen-bond donors (Lipinski definition) is 2. The maximum atomic E-state index is 6.14. The van der Waals surface area contributed by atoms with Crippen molar-refractivity contribution >= 4 is 40.3 Å². The van der Waals surface area contributed by atoms with Crippen molar-refractivity contribution in [1.29, 1.82) is 0 Å². The zero-order valence-electron chi connectivity index (χ0n) is 10.7. The fourth-order valence-corrected chi connectivity index (χ4v) is 2.50. The Morgan fingerprint density at radius 1 is 1.05 bits per heavy atom. The van der Waals surface area contributed by atoms with Gasteiger partial charge in [0.15, 0.2) is 0 Å². The number of nitrogen functional groups attached to an aromatic ring is 1. The Morgan fingerprint density at radius 3 is 2.16 bits per heavy atom. The summed E-state index contributed by atoms with van der Waals surface area (Å²) >= 11 is 12.3. The molecule has 0 saturated carbocycles. The summed E-state index contributed by atoms with van der Waals surface area (Å²) < 4.78 is 0. The highest BCUT2D eigenvalue weighted by molar-refractivity contribution is 6.39. The van der Waals surface area contributed by atoms with Crippen molar-refractivity contribution in [1.82, 2.24) is 0 Å². The van der Waals surface area contributed by atoms with Gasteiger partial charge in [-0.05, 0) is 36.2 Å². The zero-order valence-corrected chi connectivity index (χ0v) is 12.2. The number of benzene rings is 2. The SMILES string of the molecule is CCCc1ccc(Nc2c(Cl)cc(N)cc2Cl)cc1. The van der Waals surface area contributed by atoms with Crippen molar-refractivity contribution in [3.63, 3.8) is 0 Å². The van der Waals surface area contributed by atoms with E-state index >= 15 is 0 Å². The van der Waals surface area contributed by atoms with Gasteiger partial charge in [0.1, 0.15) is 0 Å². The first kappa shape index (κ1) is 14.0. The van der Waals surface area contributed by atoms with Crippen molar-refractivity contribution < 1.29 is 0 Å². The number of anilines is 3. The van der Waals surface area contributed by atoms with Crippen LogP contribution in [0.25, 0.3) is 0 Å². The van der Waals surface area contributed by atoms with Gasteiger partial charge in [-0.25, -0.2) is 0 Å². The van der Waals surface area contributed by atoms with Crippen LogP contribution >= 0.6 is 23.2 Å². The smallest absolute Gasteiger partial charge is 0.0764 e. The Bertz CT molecular complexity index is 542. The molecular weight excluding hydrogens is 279 g/mol. The third-order valence-corrected chi connectivity index (χ3v) is 3.42. The topological polar surface area (TPSA) is 38.0 Å². The summed E-state index contributed by atoms with van der Waals surface area (Å²) in [6.07, 6.45) is 2.23. The van der Waals surface area contributed by atoms with E-state index in [1.54, 1.807) is 12.1 Å². The molecule has 100 valence electrons. The molecule has 0 bridgehead atoms. The molecule has 0 fully saturated rings. The highest BCUT2D eigenvalue weighted by atomic mass is 35.5. The summed E-state index contributed by atoms with van der Waals surface area (Å²) in [4.78, 5) is 0. The van der Waals surface area contributed by atoms with Crippen LogP contribution in [0.15, 0.2) is 36.4 Å². The molecule has 3 N–H and O–H groups in total. The maximum Gasteiger partial charge on any atom is 0.0764 e. The normalized spacial score (nSPS) is 10.5. The van der Waals surface area contributed by atoms with E-state index in [0.29, 0.717) is 21.4 Å². The van der Waals surface area contributed by atoms with Gasteiger partial charge in [0.2, 0.25) is 0 Å². The van der Waals surface area contributed by atoms with Crippen molar-refractivity contribution in [2.24, 2.45) is 0 Å². The summed E-state index contributed by atoms with van der Waals surface area (Å²) in [6, 6.07) is 11.6. The lowest BCUT2D eigenvalue weighted by Gasteiger charge is -2.11. The van der Waals surface area contributed by atoms with Crippen molar-refractivity contribution in [3.8, 4) is 0 Å². The van der Waals surface area contributed by atoms with Gasteiger partial charge in [-0.2, -0.15) is 0 Å². The number of nitrogens with two attached hydrogens (primary N) is 1. The van der Waals surface area contributed by atoms with E-state index < -0.39 is 0 Å². The first-order valence-corrected chi connectivity index (χ1v) is 6.96. The molecule has 0 amide bonds. The summed E-state index contributed by atoms with van der Waals surface area (Å²) in [5.41, 5.74) is 9.19. The number of halogens is 2. The summed E-state index contributed by atoms with van der Waals surface area (Å²) in [7, 11) is 0. The highest BCUT2D eigenvalue weighted by Crippen LogP contribution is 2.35. The van der Waals surface area contributed by atoms with E-state index in [1.165, 1.54) is 5.56 Å². The summed E-state index contributed by atoms with van der Waals surface area (Å²) in [6.45, 7) is 2.17. The van der Waals surface area contributed by atoms with Crippen molar-refractivity contribution in [3.05, 3.63) is 52.0 Å². The van der Waals surface area contributed by atoms with E-state index in [2.05, 4.69) is 24.4 Å². The third-order valence-electron chi connectivity index (χ3n) is 2.83. The molecule has 0 spiro atoms. The Morgan fingerprint density at radius 2 is 1.63 bits per heavy atom. The average Bonchev–Trinajstić information content (AvgIpc) is 2.36. The van der Waals surface area contributed by atoms with Crippen LogP contribution in [-0.4, -0.2) is 0 Å². The molecule has 0 radical (unpaired) electrons. The molecule has 0 saturated heterocycles. The second-order valence-corrected chi connectivity index (χ2v) is 5.25. The second kappa shape index (κ2) is 6.18.